The van der Waals surface area contributed by atoms with Crippen LogP contribution in [-0.2, 0) is 9.53 Å². The minimum Gasteiger partial charge on any atom is -0.469 e. The molecular weight excluding hydrogens is 212 g/mol. The molecular formula is C9H14N4O3. The van der Waals surface area contributed by atoms with E-state index in [0.29, 0.717) is 19.4 Å². The van der Waals surface area contributed by atoms with Crippen LogP contribution in [0.1, 0.15) is 23.5 Å². The maximum absolute atomic E-state index is 11.6. The number of amides is 1. The Hall–Kier alpha value is -1.92. The Morgan fingerprint density at radius 2 is 2.31 bits per heavy atom. The topological polar surface area (TPSA) is 88.2 Å². The van der Waals surface area contributed by atoms with Crippen molar-refractivity contribution in [2.75, 3.05) is 20.7 Å². The second-order valence-electron chi connectivity index (χ2n) is 3.24. The van der Waals surface area contributed by atoms with Crippen molar-refractivity contribution in [3.05, 3.63) is 12.2 Å². The maximum Gasteiger partial charge on any atom is 0.305 e. The van der Waals surface area contributed by atoms with Gasteiger partial charge in [-0.3, -0.25) is 14.7 Å². The molecule has 1 amide bonds. The molecule has 1 rings (SSSR count). The number of ether oxygens (including phenoxy) is 1. The summed E-state index contributed by atoms with van der Waals surface area (Å²) in [6.45, 7) is 0.467. The highest BCUT2D eigenvalue weighted by Gasteiger charge is 2.14. The summed E-state index contributed by atoms with van der Waals surface area (Å²) < 4.78 is 4.49. The molecule has 0 aliphatic heterocycles. The summed E-state index contributed by atoms with van der Waals surface area (Å²) >= 11 is 0. The van der Waals surface area contributed by atoms with E-state index in [2.05, 4.69) is 19.9 Å². The Morgan fingerprint density at radius 3 is 2.88 bits per heavy atom. The lowest BCUT2D eigenvalue weighted by molar-refractivity contribution is -0.140. The van der Waals surface area contributed by atoms with Crippen molar-refractivity contribution in [1.29, 1.82) is 0 Å². The molecule has 0 atom stereocenters. The number of nitrogens with zero attached hydrogens (tertiary/aromatic N) is 3. The van der Waals surface area contributed by atoms with Gasteiger partial charge in [0.2, 0.25) is 5.82 Å². The molecule has 7 nitrogen and oxygen atoms in total. The number of hydrogen-bond acceptors (Lipinski definition) is 5. The molecule has 0 radical (unpaired) electrons. The fourth-order valence-electron chi connectivity index (χ4n) is 1.15. The van der Waals surface area contributed by atoms with E-state index in [1.807, 2.05) is 0 Å². The molecule has 1 N–H and O–H groups in total. The van der Waals surface area contributed by atoms with Crippen LogP contribution in [0.5, 0.6) is 0 Å². The monoisotopic (exact) mass is 226 g/mol. The van der Waals surface area contributed by atoms with E-state index >= 15 is 0 Å². The number of aromatic amines is 1. The van der Waals surface area contributed by atoms with Crippen LogP contribution in [0.4, 0.5) is 0 Å². The zero-order valence-electron chi connectivity index (χ0n) is 9.27. The van der Waals surface area contributed by atoms with Gasteiger partial charge in [-0.15, -0.1) is 0 Å². The number of esters is 1. The molecule has 0 fully saturated rings. The zero-order chi connectivity index (χ0) is 12.0. The molecule has 0 spiro atoms. The minimum absolute atomic E-state index is 0.195. The van der Waals surface area contributed by atoms with Crippen molar-refractivity contribution in [1.82, 2.24) is 20.1 Å². The fourth-order valence-corrected chi connectivity index (χ4v) is 1.15. The molecule has 0 aliphatic carbocycles. The van der Waals surface area contributed by atoms with Crippen molar-refractivity contribution in [2.45, 2.75) is 12.8 Å². The number of methoxy groups -OCH3 is 1. The van der Waals surface area contributed by atoms with Gasteiger partial charge in [-0.25, -0.2) is 4.98 Å². The smallest absolute Gasteiger partial charge is 0.305 e. The minimum atomic E-state index is -0.277. The van der Waals surface area contributed by atoms with Crippen LogP contribution in [0, 0.1) is 0 Å². The van der Waals surface area contributed by atoms with Crippen LogP contribution in [0.3, 0.4) is 0 Å². The lowest BCUT2D eigenvalue weighted by Gasteiger charge is -2.14. The Balaban J connectivity index is 2.33. The number of carbonyl (C=O) groups is 2. The van der Waals surface area contributed by atoms with Gasteiger partial charge in [-0.2, -0.15) is 5.10 Å². The van der Waals surface area contributed by atoms with Gasteiger partial charge in [0.05, 0.1) is 7.11 Å². The fraction of sp³-hybridized carbons (Fsp3) is 0.556. The molecule has 1 heterocycles. The maximum atomic E-state index is 11.6. The van der Waals surface area contributed by atoms with Gasteiger partial charge in [-0.05, 0) is 6.42 Å². The molecule has 0 unspecified atom stereocenters. The van der Waals surface area contributed by atoms with Crippen molar-refractivity contribution >= 4 is 11.9 Å². The van der Waals surface area contributed by atoms with Crippen LogP contribution in [-0.4, -0.2) is 52.7 Å². The van der Waals surface area contributed by atoms with Crippen LogP contribution < -0.4 is 0 Å². The second-order valence-corrected chi connectivity index (χ2v) is 3.24. The number of H-pyrrole nitrogens is 1. The third kappa shape index (κ3) is 3.34. The Bertz CT molecular complexity index is 350. The molecule has 0 aromatic carbocycles. The summed E-state index contributed by atoms with van der Waals surface area (Å²) in [6.07, 6.45) is 2.13. The molecule has 1 aromatic heterocycles. The number of nitrogens with one attached hydrogen (secondary N) is 1. The van der Waals surface area contributed by atoms with E-state index in [9.17, 15) is 9.59 Å². The third-order valence-electron chi connectivity index (χ3n) is 2.07. The first-order valence-electron chi connectivity index (χ1n) is 4.82. The molecule has 0 saturated carbocycles. The van der Waals surface area contributed by atoms with E-state index in [0.717, 1.165) is 0 Å². The second kappa shape index (κ2) is 5.84. The third-order valence-corrected chi connectivity index (χ3v) is 2.07. The molecule has 0 bridgehead atoms. The van der Waals surface area contributed by atoms with E-state index in [4.69, 9.17) is 0 Å². The largest absolute Gasteiger partial charge is 0.469 e. The van der Waals surface area contributed by atoms with Gasteiger partial charge in [0.15, 0.2) is 0 Å². The van der Waals surface area contributed by atoms with Gasteiger partial charge >= 0.3 is 5.97 Å². The van der Waals surface area contributed by atoms with Gasteiger partial charge in [-0.1, -0.05) is 0 Å². The normalized spacial score (nSPS) is 9.88. The average molecular weight is 226 g/mol. The molecule has 1 aromatic rings. The Morgan fingerprint density at radius 1 is 1.56 bits per heavy atom. The highest BCUT2D eigenvalue weighted by molar-refractivity contribution is 5.90. The highest BCUT2D eigenvalue weighted by atomic mass is 16.5. The predicted octanol–water partition coefficient (Wildman–Crippen LogP) is -0.170. The lowest BCUT2D eigenvalue weighted by atomic mass is 10.3. The molecule has 16 heavy (non-hydrogen) atoms. The average Bonchev–Trinajstić information content (AvgIpc) is 2.81. The quantitative estimate of drug-likeness (QED) is 0.704. The SMILES string of the molecule is COC(=O)CCCN(C)C(=O)c1ncn[nH]1. The van der Waals surface area contributed by atoms with E-state index in [1.54, 1.807) is 7.05 Å². The zero-order valence-corrected chi connectivity index (χ0v) is 9.27. The molecule has 7 heteroatoms. The number of rotatable bonds is 5. The standard InChI is InChI=1S/C9H14N4O3/c1-13(5-3-4-7(14)16-2)9(15)8-10-6-11-12-8/h6H,3-5H2,1-2H3,(H,10,11,12). The first kappa shape index (κ1) is 12.2. The van der Waals surface area contributed by atoms with E-state index in [1.165, 1.54) is 18.3 Å². The highest BCUT2D eigenvalue weighted by Crippen LogP contribution is 1.99. The van der Waals surface area contributed by atoms with Crippen LogP contribution >= 0.6 is 0 Å². The van der Waals surface area contributed by atoms with E-state index < -0.39 is 0 Å². The molecule has 0 saturated heterocycles. The van der Waals surface area contributed by atoms with Gasteiger partial charge < -0.3 is 9.64 Å². The number of carbonyl (C=O) groups excluding carboxylic acids is 2. The summed E-state index contributed by atoms with van der Waals surface area (Å²) in [7, 11) is 2.98. The Kier molecular flexibility index (Phi) is 4.43. The van der Waals surface area contributed by atoms with Crippen molar-refractivity contribution in [2.24, 2.45) is 0 Å². The van der Waals surface area contributed by atoms with Crippen molar-refractivity contribution in [3.8, 4) is 0 Å². The number of hydrogen-bond donors (Lipinski definition) is 1. The summed E-state index contributed by atoms with van der Waals surface area (Å²) in [6, 6.07) is 0. The van der Waals surface area contributed by atoms with Gasteiger partial charge in [0.25, 0.3) is 5.91 Å². The summed E-state index contributed by atoms with van der Waals surface area (Å²) in [5.74, 6) is -0.330. The van der Waals surface area contributed by atoms with Gasteiger partial charge in [0.1, 0.15) is 6.33 Å². The van der Waals surface area contributed by atoms with Crippen molar-refractivity contribution in [3.63, 3.8) is 0 Å². The first-order valence-corrected chi connectivity index (χ1v) is 4.82. The first-order chi connectivity index (χ1) is 7.65. The predicted molar refractivity (Wildman–Crippen MR) is 54.6 cm³/mol. The van der Waals surface area contributed by atoms with Gasteiger partial charge in [0, 0.05) is 20.0 Å². The molecule has 0 aliphatic rings. The molecule has 88 valence electrons. The van der Waals surface area contributed by atoms with E-state index in [-0.39, 0.29) is 17.7 Å². The van der Waals surface area contributed by atoms with Crippen LogP contribution in [0.15, 0.2) is 6.33 Å². The summed E-state index contributed by atoms with van der Waals surface area (Å²) in [5, 5.41) is 6.07. The van der Waals surface area contributed by atoms with Crippen LogP contribution in [0.25, 0.3) is 0 Å². The summed E-state index contributed by atoms with van der Waals surface area (Å²) in [4.78, 5) is 27.7. The lowest BCUT2D eigenvalue weighted by Crippen LogP contribution is -2.29. The summed E-state index contributed by atoms with van der Waals surface area (Å²) in [5.41, 5.74) is 0. The Labute approximate surface area is 92.8 Å². The van der Waals surface area contributed by atoms with Crippen molar-refractivity contribution < 1.29 is 14.3 Å². The number of aromatic nitrogens is 3. The van der Waals surface area contributed by atoms with Crippen LogP contribution in [0.2, 0.25) is 0 Å².